The molecule has 0 saturated carbocycles. The number of alkyl halides is 2. The molecule has 0 saturated heterocycles. The molecule has 7 heteroatoms. The maximum Gasteiger partial charge on any atom is 0.387 e. The summed E-state index contributed by atoms with van der Waals surface area (Å²) in [7, 11) is 0. The molecule has 0 fully saturated rings. The highest BCUT2D eigenvalue weighted by Gasteiger charge is 2.15. The van der Waals surface area contributed by atoms with Gasteiger partial charge in [0.15, 0.2) is 11.6 Å². The molecule has 2 rings (SSSR count). The van der Waals surface area contributed by atoms with Crippen LogP contribution in [0.15, 0.2) is 46.2 Å². The van der Waals surface area contributed by atoms with Gasteiger partial charge in [0.05, 0.1) is 0 Å². The molecule has 0 heterocycles. The Bertz CT molecular complexity index is 621. The summed E-state index contributed by atoms with van der Waals surface area (Å²) in [5.74, 6) is -2.12. The van der Waals surface area contributed by atoms with Crippen LogP contribution in [0.2, 0.25) is 0 Å². The second-order valence-electron chi connectivity index (χ2n) is 3.73. The monoisotopic (exact) mass is 303 g/mol. The number of halogens is 4. The van der Waals surface area contributed by atoms with Crippen molar-refractivity contribution in [2.24, 2.45) is 0 Å². The van der Waals surface area contributed by atoms with E-state index in [1.54, 1.807) is 6.07 Å². The number of rotatable bonds is 4. The van der Waals surface area contributed by atoms with Crippen LogP contribution >= 0.6 is 11.8 Å². The summed E-state index contributed by atoms with van der Waals surface area (Å²) >= 11 is 0.899. The molecule has 0 amide bonds. The number of nitrogen functional groups attached to an aromatic ring is 1. The zero-order valence-electron chi connectivity index (χ0n) is 9.95. The van der Waals surface area contributed by atoms with Gasteiger partial charge in [0.2, 0.25) is 0 Å². The predicted octanol–water partition coefficient (Wildman–Crippen LogP) is 4.30. The maximum absolute atomic E-state index is 13.5. The van der Waals surface area contributed by atoms with Crippen molar-refractivity contribution in [3.63, 3.8) is 0 Å². The van der Waals surface area contributed by atoms with Gasteiger partial charge in [-0.25, -0.2) is 8.78 Å². The van der Waals surface area contributed by atoms with E-state index in [0.29, 0.717) is 0 Å². The van der Waals surface area contributed by atoms with Crippen molar-refractivity contribution in [2.75, 3.05) is 5.73 Å². The molecule has 20 heavy (non-hydrogen) atoms. The Morgan fingerprint density at radius 2 is 1.70 bits per heavy atom. The molecule has 2 aromatic rings. The molecule has 0 aromatic heterocycles. The summed E-state index contributed by atoms with van der Waals surface area (Å²) in [6, 6.07) is 7.75. The molecule has 0 aliphatic rings. The fourth-order valence-electron chi connectivity index (χ4n) is 1.47. The van der Waals surface area contributed by atoms with Crippen LogP contribution in [-0.2, 0) is 0 Å². The van der Waals surface area contributed by atoms with Crippen LogP contribution in [0.1, 0.15) is 0 Å². The van der Waals surface area contributed by atoms with Crippen molar-refractivity contribution >= 4 is 17.4 Å². The third kappa shape index (κ3) is 3.36. The molecule has 106 valence electrons. The lowest BCUT2D eigenvalue weighted by Crippen LogP contribution is -2.04. The summed E-state index contributed by atoms with van der Waals surface area (Å²) in [4.78, 5) is 0.473. The van der Waals surface area contributed by atoms with Crippen LogP contribution in [-0.4, -0.2) is 6.61 Å². The van der Waals surface area contributed by atoms with Crippen LogP contribution in [0.4, 0.5) is 23.2 Å². The third-order valence-electron chi connectivity index (χ3n) is 2.34. The first kappa shape index (κ1) is 14.5. The summed E-state index contributed by atoms with van der Waals surface area (Å²) < 4.78 is 55.2. The summed E-state index contributed by atoms with van der Waals surface area (Å²) in [6.07, 6.45) is 0. The van der Waals surface area contributed by atoms with Gasteiger partial charge in [-0.15, -0.1) is 0 Å². The summed E-state index contributed by atoms with van der Waals surface area (Å²) in [5.41, 5.74) is 5.60. The number of hydrogen-bond acceptors (Lipinski definition) is 3. The SMILES string of the molecule is Nc1cc(F)c(OC(F)F)cc1Sc1ccccc1F. The Labute approximate surface area is 116 Å². The first-order valence-electron chi connectivity index (χ1n) is 5.43. The number of nitrogens with two attached hydrogens (primary N) is 1. The Morgan fingerprint density at radius 3 is 2.35 bits per heavy atom. The van der Waals surface area contributed by atoms with Crippen molar-refractivity contribution in [2.45, 2.75) is 16.4 Å². The van der Waals surface area contributed by atoms with E-state index in [9.17, 15) is 17.6 Å². The Balaban J connectivity index is 2.34. The molecular weight excluding hydrogens is 294 g/mol. The Kier molecular flexibility index (Phi) is 4.39. The van der Waals surface area contributed by atoms with Gasteiger partial charge in [-0.1, -0.05) is 23.9 Å². The maximum atomic E-state index is 13.5. The number of anilines is 1. The van der Waals surface area contributed by atoms with E-state index in [1.165, 1.54) is 18.2 Å². The summed E-state index contributed by atoms with van der Waals surface area (Å²) in [6.45, 7) is -3.15. The van der Waals surface area contributed by atoms with E-state index in [0.717, 1.165) is 23.9 Å². The van der Waals surface area contributed by atoms with E-state index in [1.807, 2.05) is 0 Å². The predicted molar refractivity (Wildman–Crippen MR) is 68.0 cm³/mol. The second-order valence-corrected chi connectivity index (χ2v) is 4.82. The lowest BCUT2D eigenvalue weighted by atomic mass is 10.3. The van der Waals surface area contributed by atoms with Gasteiger partial charge in [-0.2, -0.15) is 8.78 Å². The molecule has 0 atom stereocenters. The van der Waals surface area contributed by atoms with Gasteiger partial charge in [0, 0.05) is 21.5 Å². The van der Waals surface area contributed by atoms with Crippen molar-refractivity contribution < 1.29 is 22.3 Å². The van der Waals surface area contributed by atoms with Crippen LogP contribution in [0, 0.1) is 11.6 Å². The van der Waals surface area contributed by atoms with Gasteiger partial charge in [-0.3, -0.25) is 0 Å². The summed E-state index contributed by atoms with van der Waals surface area (Å²) in [5, 5.41) is 0. The normalized spacial score (nSPS) is 10.8. The minimum atomic E-state index is -3.15. The lowest BCUT2D eigenvalue weighted by Gasteiger charge is -2.11. The average Bonchev–Trinajstić information content (AvgIpc) is 2.37. The fourth-order valence-corrected chi connectivity index (χ4v) is 2.36. The zero-order valence-corrected chi connectivity index (χ0v) is 10.8. The Morgan fingerprint density at radius 1 is 1.00 bits per heavy atom. The van der Waals surface area contributed by atoms with Crippen LogP contribution in [0.3, 0.4) is 0 Å². The first-order valence-corrected chi connectivity index (χ1v) is 6.25. The highest BCUT2D eigenvalue weighted by Crippen LogP contribution is 2.37. The molecule has 0 unspecified atom stereocenters. The van der Waals surface area contributed by atoms with Crippen molar-refractivity contribution in [1.82, 2.24) is 0 Å². The Hall–Kier alpha value is -1.89. The minimum absolute atomic E-state index is 0.0115. The van der Waals surface area contributed by atoms with Gasteiger partial charge in [-0.05, 0) is 18.2 Å². The molecule has 0 bridgehead atoms. The second kappa shape index (κ2) is 6.04. The smallest absolute Gasteiger partial charge is 0.387 e. The molecule has 0 aliphatic heterocycles. The van der Waals surface area contributed by atoms with Gasteiger partial charge in [0.1, 0.15) is 5.82 Å². The van der Waals surface area contributed by atoms with Crippen LogP contribution in [0.25, 0.3) is 0 Å². The standard InChI is InChI=1S/C13H9F4NOS/c14-7-3-1-2-4-11(7)20-12-6-10(19-13(16)17)8(15)5-9(12)18/h1-6,13H,18H2. The van der Waals surface area contributed by atoms with E-state index in [-0.39, 0.29) is 15.5 Å². The number of hydrogen-bond donors (Lipinski definition) is 1. The molecule has 0 aliphatic carbocycles. The average molecular weight is 303 g/mol. The van der Waals surface area contributed by atoms with Crippen LogP contribution in [0.5, 0.6) is 5.75 Å². The zero-order chi connectivity index (χ0) is 14.7. The molecular formula is C13H9F4NOS. The van der Waals surface area contributed by atoms with Crippen LogP contribution < -0.4 is 10.5 Å². The van der Waals surface area contributed by atoms with E-state index in [2.05, 4.69) is 4.74 Å². The number of benzene rings is 2. The molecule has 2 N–H and O–H groups in total. The van der Waals surface area contributed by atoms with Gasteiger partial charge >= 0.3 is 6.61 Å². The number of ether oxygens (including phenoxy) is 1. The van der Waals surface area contributed by atoms with Crippen molar-refractivity contribution in [3.8, 4) is 5.75 Å². The lowest BCUT2D eigenvalue weighted by molar-refractivity contribution is -0.0523. The third-order valence-corrected chi connectivity index (χ3v) is 3.46. The minimum Gasteiger partial charge on any atom is -0.432 e. The van der Waals surface area contributed by atoms with Gasteiger partial charge < -0.3 is 10.5 Å². The fraction of sp³-hybridized carbons (Fsp3) is 0.0769. The molecule has 2 nitrogen and oxygen atoms in total. The first-order chi connectivity index (χ1) is 9.47. The highest BCUT2D eigenvalue weighted by atomic mass is 32.2. The van der Waals surface area contributed by atoms with E-state index >= 15 is 0 Å². The molecule has 2 aromatic carbocycles. The van der Waals surface area contributed by atoms with E-state index in [4.69, 9.17) is 5.73 Å². The largest absolute Gasteiger partial charge is 0.432 e. The topological polar surface area (TPSA) is 35.2 Å². The molecule has 0 radical (unpaired) electrons. The quantitative estimate of drug-likeness (QED) is 0.675. The molecule has 0 spiro atoms. The van der Waals surface area contributed by atoms with Gasteiger partial charge in [0.25, 0.3) is 0 Å². The van der Waals surface area contributed by atoms with Crippen molar-refractivity contribution in [3.05, 3.63) is 48.0 Å². The highest BCUT2D eigenvalue weighted by molar-refractivity contribution is 7.99. The van der Waals surface area contributed by atoms with E-state index < -0.39 is 24.0 Å². The van der Waals surface area contributed by atoms with Crippen molar-refractivity contribution in [1.29, 1.82) is 0 Å².